The van der Waals surface area contributed by atoms with Gasteiger partial charge in [0.1, 0.15) is 5.82 Å². The highest BCUT2D eigenvalue weighted by molar-refractivity contribution is 7.97. The van der Waals surface area contributed by atoms with Gasteiger partial charge in [-0.15, -0.1) is 0 Å². The Morgan fingerprint density at radius 1 is 1.00 bits per heavy atom. The molecule has 122 valence electrons. The first kappa shape index (κ1) is 15.3. The van der Waals surface area contributed by atoms with E-state index in [9.17, 15) is 0 Å². The van der Waals surface area contributed by atoms with Crippen LogP contribution >= 0.6 is 11.9 Å². The van der Waals surface area contributed by atoms with E-state index in [-0.39, 0.29) is 0 Å². The summed E-state index contributed by atoms with van der Waals surface area (Å²) in [5.74, 6) is 0.896. The second kappa shape index (κ2) is 6.72. The molecular weight excluding hydrogens is 322 g/mol. The lowest BCUT2D eigenvalue weighted by atomic mass is 10.1. The Kier molecular flexibility index (Phi) is 4.29. The molecule has 3 heterocycles. The molecule has 0 amide bonds. The number of ether oxygens (including phenoxy) is 1. The van der Waals surface area contributed by atoms with Crippen molar-refractivity contribution >= 4 is 28.8 Å². The van der Waals surface area contributed by atoms with Crippen molar-refractivity contribution in [2.45, 2.75) is 4.90 Å². The van der Waals surface area contributed by atoms with Crippen molar-refractivity contribution in [1.29, 1.82) is 0 Å². The summed E-state index contributed by atoms with van der Waals surface area (Å²) in [5, 5.41) is 5.63. The van der Waals surface area contributed by atoms with Crippen LogP contribution in [0.5, 0.6) is 0 Å². The zero-order valence-electron chi connectivity index (χ0n) is 13.1. The number of hydrogen-bond acceptors (Lipinski definition) is 7. The van der Waals surface area contributed by atoms with Gasteiger partial charge in [0.2, 0.25) is 0 Å². The molecule has 1 aliphatic heterocycles. The van der Waals surface area contributed by atoms with Gasteiger partial charge in [0.15, 0.2) is 0 Å². The number of rotatable bonds is 3. The monoisotopic (exact) mass is 339 g/mol. The van der Waals surface area contributed by atoms with Gasteiger partial charge in [-0.2, -0.15) is 0 Å². The average Bonchev–Trinajstić information content (AvgIpc) is 2.68. The van der Waals surface area contributed by atoms with Crippen LogP contribution in [0.15, 0.2) is 47.8 Å². The van der Waals surface area contributed by atoms with Gasteiger partial charge in [-0.3, -0.25) is 15.1 Å². The number of benzene rings is 1. The smallest absolute Gasteiger partial charge is 0.148 e. The third-order valence-corrected chi connectivity index (χ3v) is 4.54. The largest absolute Gasteiger partial charge is 0.378 e. The standard InChI is InChI=1S/C17H17N5OS/c18-24-14-7-13(9-19-10-14)12-1-2-15-16(8-12)21-17(11-20-15)22-3-5-23-6-4-22/h1-2,7-11H,3-6,18H2. The van der Waals surface area contributed by atoms with Crippen molar-refractivity contribution in [3.05, 3.63) is 42.9 Å². The Balaban J connectivity index is 1.72. The molecule has 0 spiro atoms. The SMILES string of the molecule is NSc1cncc(-c2ccc3ncc(N4CCOCC4)nc3c2)c1. The molecule has 2 aromatic heterocycles. The van der Waals surface area contributed by atoms with E-state index in [0.29, 0.717) is 0 Å². The van der Waals surface area contributed by atoms with Crippen molar-refractivity contribution in [2.75, 3.05) is 31.2 Å². The lowest BCUT2D eigenvalue weighted by molar-refractivity contribution is 0.122. The molecule has 2 N–H and O–H groups in total. The molecule has 1 saturated heterocycles. The highest BCUT2D eigenvalue weighted by Crippen LogP contribution is 2.26. The van der Waals surface area contributed by atoms with E-state index in [1.807, 2.05) is 36.7 Å². The summed E-state index contributed by atoms with van der Waals surface area (Å²) in [6, 6.07) is 8.10. The molecule has 1 aliphatic rings. The Bertz CT molecular complexity index is 866. The van der Waals surface area contributed by atoms with Crippen LogP contribution < -0.4 is 10.0 Å². The van der Waals surface area contributed by atoms with Crippen LogP contribution in [-0.4, -0.2) is 41.3 Å². The van der Waals surface area contributed by atoms with Gasteiger partial charge >= 0.3 is 0 Å². The fraction of sp³-hybridized carbons (Fsp3) is 0.235. The Morgan fingerprint density at radius 3 is 2.71 bits per heavy atom. The first-order valence-electron chi connectivity index (χ1n) is 7.75. The third kappa shape index (κ3) is 3.06. The summed E-state index contributed by atoms with van der Waals surface area (Å²) >= 11 is 1.19. The summed E-state index contributed by atoms with van der Waals surface area (Å²) in [7, 11) is 0. The van der Waals surface area contributed by atoms with Gasteiger partial charge < -0.3 is 9.64 Å². The molecule has 0 bridgehead atoms. The van der Waals surface area contributed by atoms with Crippen LogP contribution in [0.2, 0.25) is 0 Å². The number of hydrogen-bond donors (Lipinski definition) is 1. The first-order valence-corrected chi connectivity index (χ1v) is 8.63. The Morgan fingerprint density at radius 2 is 1.88 bits per heavy atom. The number of anilines is 1. The van der Waals surface area contributed by atoms with Crippen molar-refractivity contribution in [2.24, 2.45) is 5.14 Å². The highest BCUT2D eigenvalue weighted by Gasteiger charge is 2.13. The zero-order chi connectivity index (χ0) is 16.4. The summed E-state index contributed by atoms with van der Waals surface area (Å²) < 4.78 is 5.40. The summed E-state index contributed by atoms with van der Waals surface area (Å²) in [6.07, 6.45) is 5.42. The predicted molar refractivity (Wildman–Crippen MR) is 95.8 cm³/mol. The van der Waals surface area contributed by atoms with E-state index in [0.717, 1.165) is 59.2 Å². The number of aromatic nitrogens is 3. The quantitative estimate of drug-likeness (QED) is 0.735. The van der Waals surface area contributed by atoms with Crippen LogP contribution in [-0.2, 0) is 4.74 Å². The van der Waals surface area contributed by atoms with Crippen molar-refractivity contribution in [1.82, 2.24) is 15.0 Å². The van der Waals surface area contributed by atoms with Gasteiger partial charge in [-0.05, 0) is 35.7 Å². The molecule has 4 rings (SSSR count). The van der Waals surface area contributed by atoms with Crippen molar-refractivity contribution in [3.63, 3.8) is 0 Å². The molecule has 3 aromatic rings. The van der Waals surface area contributed by atoms with Crippen LogP contribution in [0.1, 0.15) is 0 Å². The van der Waals surface area contributed by atoms with Gasteiger partial charge in [0, 0.05) is 35.9 Å². The summed E-state index contributed by atoms with van der Waals surface area (Å²) in [6.45, 7) is 3.16. The molecule has 24 heavy (non-hydrogen) atoms. The fourth-order valence-corrected chi connectivity index (χ4v) is 3.08. The zero-order valence-corrected chi connectivity index (χ0v) is 13.9. The number of nitrogens with zero attached hydrogens (tertiary/aromatic N) is 4. The molecule has 1 fully saturated rings. The molecule has 7 heteroatoms. The molecule has 0 radical (unpaired) electrons. The second-order valence-electron chi connectivity index (χ2n) is 5.56. The lowest BCUT2D eigenvalue weighted by Gasteiger charge is -2.27. The van der Waals surface area contributed by atoms with Gasteiger partial charge in [-0.25, -0.2) is 4.98 Å². The van der Waals surface area contributed by atoms with Gasteiger partial charge in [0.05, 0.1) is 30.4 Å². The van der Waals surface area contributed by atoms with Gasteiger partial charge in [0.25, 0.3) is 0 Å². The third-order valence-electron chi connectivity index (χ3n) is 4.05. The number of pyridine rings is 1. The normalized spacial score (nSPS) is 15.0. The summed E-state index contributed by atoms with van der Waals surface area (Å²) in [5.41, 5.74) is 3.83. The Labute approximate surface area is 144 Å². The minimum atomic E-state index is 0.731. The number of fused-ring (bicyclic) bond motifs is 1. The van der Waals surface area contributed by atoms with Crippen LogP contribution in [0.4, 0.5) is 5.82 Å². The topological polar surface area (TPSA) is 77.2 Å². The molecule has 0 saturated carbocycles. The minimum Gasteiger partial charge on any atom is -0.378 e. The molecule has 0 aliphatic carbocycles. The minimum absolute atomic E-state index is 0.731. The Hall–Kier alpha value is -2.22. The highest BCUT2D eigenvalue weighted by atomic mass is 32.2. The van der Waals surface area contributed by atoms with Crippen molar-refractivity contribution in [3.8, 4) is 11.1 Å². The maximum atomic E-state index is 5.63. The van der Waals surface area contributed by atoms with E-state index in [1.165, 1.54) is 11.9 Å². The predicted octanol–water partition coefficient (Wildman–Crippen LogP) is 2.49. The van der Waals surface area contributed by atoms with E-state index in [1.54, 1.807) is 6.20 Å². The van der Waals surface area contributed by atoms with Crippen molar-refractivity contribution < 1.29 is 4.74 Å². The summed E-state index contributed by atoms with van der Waals surface area (Å²) in [4.78, 5) is 16.7. The van der Waals surface area contributed by atoms with E-state index in [4.69, 9.17) is 14.9 Å². The lowest BCUT2D eigenvalue weighted by Crippen LogP contribution is -2.36. The average molecular weight is 339 g/mol. The molecule has 0 atom stereocenters. The van der Waals surface area contributed by atoms with E-state index in [2.05, 4.69) is 14.9 Å². The van der Waals surface area contributed by atoms with E-state index >= 15 is 0 Å². The van der Waals surface area contributed by atoms with Gasteiger partial charge in [-0.1, -0.05) is 6.07 Å². The first-order chi connectivity index (χ1) is 11.8. The maximum absolute atomic E-state index is 5.63. The fourth-order valence-electron chi connectivity index (χ4n) is 2.77. The molecule has 1 aromatic carbocycles. The maximum Gasteiger partial charge on any atom is 0.148 e. The number of morpholine rings is 1. The molecule has 0 unspecified atom stereocenters. The second-order valence-corrected chi connectivity index (χ2v) is 6.27. The van der Waals surface area contributed by atoms with Crippen LogP contribution in [0.25, 0.3) is 22.2 Å². The molecule has 6 nitrogen and oxygen atoms in total. The number of nitrogens with two attached hydrogens (primary N) is 1. The van der Waals surface area contributed by atoms with Crippen LogP contribution in [0, 0.1) is 0 Å². The molecular formula is C17H17N5OS. The van der Waals surface area contributed by atoms with E-state index < -0.39 is 0 Å². The van der Waals surface area contributed by atoms with Crippen LogP contribution in [0.3, 0.4) is 0 Å².